The summed E-state index contributed by atoms with van der Waals surface area (Å²) in [4.78, 5) is 15.4. The largest absolute Gasteiger partial charge is 0.494 e. The maximum Gasteiger partial charge on any atom is 0.207 e. The second kappa shape index (κ2) is 7.40. The van der Waals surface area contributed by atoms with Crippen LogP contribution in [0.5, 0.6) is 5.75 Å². The summed E-state index contributed by atoms with van der Waals surface area (Å²) in [6, 6.07) is 6.92. The van der Waals surface area contributed by atoms with Gasteiger partial charge in [-0.05, 0) is 24.6 Å². The van der Waals surface area contributed by atoms with Gasteiger partial charge in [-0.25, -0.2) is 19.3 Å². The number of aromatic nitrogens is 4. The molecule has 8 nitrogen and oxygen atoms in total. The van der Waals surface area contributed by atoms with Crippen molar-refractivity contribution < 1.29 is 9.13 Å². The molecule has 0 aliphatic carbocycles. The summed E-state index contributed by atoms with van der Waals surface area (Å²) in [6.45, 7) is 1.25. The molecule has 0 saturated carbocycles. The van der Waals surface area contributed by atoms with E-state index in [1.54, 1.807) is 31.6 Å². The third-order valence-electron chi connectivity index (χ3n) is 4.93. The van der Waals surface area contributed by atoms with E-state index in [1.165, 1.54) is 0 Å². The molecular weight excluding hydrogens is 361 g/mol. The van der Waals surface area contributed by atoms with Crippen LogP contribution in [0.25, 0.3) is 11.0 Å². The van der Waals surface area contributed by atoms with Crippen molar-refractivity contribution in [1.82, 2.24) is 19.5 Å². The molecule has 0 unspecified atom stereocenters. The number of nitrogens with two attached hydrogens (primary N) is 1. The van der Waals surface area contributed by atoms with E-state index in [0.717, 1.165) is 11.0 Å². The first-order valence-corrected chi connectivity index (χ1v) is 8.99. The van der Waals surface area contributed by atoms with Gasteiger partial charge < -0.3 is 19.9 Å². The predicted molar refractivity (Wildman–Crippen MR) is 102 cm³/mol. The number of halogens is 1. The second-order valence-electron chi connectivity index (χ2n) is 6.77. The number of hydrogen-bond acceptors (Lipinski definition) is 7. The number of piperidine rings is 1. The molecule has 2 atom stereocenters. The summed E-state index contributed by atoms with van der Waals surface area (Å²) in [5, 5.41) is 9.27. The number of rotatable bonds is 4. The molecule has 1 fully saturated rings. The molecule has 2 N–H and O–H groups in total. The van der Waals surface area contributed by atoms with Gasteiger partial charge >= 0.3 is 0 Å². The molecule has 1 aliphatic rings. The first kappa shape index (κ1) is 18.1. The Labute approximate surface area is 161 Å². The third kappa shape index (κ3) is 3.34. The molecule has 1 aromatic carbocycles. The summed E-state index contributed by atoms with van der Waals surface area (Å²) >= 11 is 0. The van der Waals surface area contributed by atoms with Crippen molar-refractivity contribution >= 4 is 17.0 Å². The fraction of sp³-hybridized carbons (Fsp3) is 0.368. The standard InChI is InChI=1S/C19H20FN7O/c1-28-13-8-23-18(24-9-13)11-27-17-6-12(7-21)2-3-16(17)25-19(27)26-5-4-14(20)15(22)10-26/h2-3,6,8-9,14-15H,4-5,10-11,22H2,1H3/t14-,15-/m1/s1. The zero-order chi connectivity index (χ0) is 19.7. The van der Waals surface area contributed by atoms with Gasteiger partial charge in [0.2, 0.25) is 5.95 Å². The van der Waals surface area contributed by atoms with Gasteiger partial charge in [-0.15, -0.1) is 0 Å². The normalized spacial score (nSPS) is 19.6. The van der Waals surface area contributed by atoms with Gasteiger partial charge in [0, 0.05) is 13.1 Å². The average molecular weight is 381 g/mol. The summed E-state index contributed by atoms with van der Waals surface area (Å²) in [7, 11) is 1.56. The van der Waals surface area contributed by atoms with E-state index in [9.17, 15) is 9.65 Å². The monoisotopic (exact) mass is 381 g/mol. The average Bonchev–Trinajstić information content (AvgIpc) is 3.08. The summed E-state index contributed by atoms with van der Waals surface area (Å²) in [6.07, 6.45) is 2.55. The van der Waals surface area contributed by atoms with Crippen LogP contribution in [0.4, 0.5) is 10.3 Å². The number of nitrogens with zero attached hydrogens (tertiary/aromatic N) is 6. The van der Waals surface area contributed by atoms with Crippen molar-refractivity contribution in [2.45, 2.75) is 25.2 Å². The van der Waals surface area contributed by atoms with E-state index in [4.69, 9.17) is 15.5 Å². The fourth-order valence-electron chi connectivity index (χ4n) is 3.38. The lowest BCUT2D eigenvalue weighted by Gasteiger charge is -2.34. The van der Waals surface area contributed by atoms with Gasteiger partial charge in [0.1, 0.15) is 12.0 Å². The molecule has 9 heteroatoms. The number of hydrogen-bond donors (Lipinski definition) is 1. The van der Waals surface area contributed by atoms with Crippen molar-refractivity contribution in [1.29, 1.82) is 5.26 Å². The van der Waals surface area contributed by atoms with E-state index in [-0.39, 0.29) is 0 Å². The highest BCUT2D eigenvalue weighted by atomic mass is 19.1. The number of ether oxygens (including phenoxy) is 1. The van der Waals surface area contributed by atoms with Gasteiger partial charge in [-0.2, -0.15) is 5.26 Å². The number of nitriles is 1. The van der Waals surface area contributed by atoms with Crippen LogP contribution in [-0.2, 0) is 6.54 Å². The summed E-state index contributed by atoms with van der Waals surface area (Å²) < 4.78 is 20.9. The lowest BCUT2D eigenvalue weighted by Crippen LogP contribution is -2.50. The number of alkyl halides is 1. The van der Waals surface area contributed by atoms with Crippen molar-refractivity contribution in [3.05, 3.63) is 42.0 Å². The van der Waals surface area contributed by atoms with Gasteiger partial charge in [0.25, 0.3) is 0 Å². The van der Waals surface area contributed by atoms with Crippen LogP contribution in [0.2, 0.25) is 0 Å². The molecule has 3 aromatic rings. The Morgan fingerprint density at radius 1 is 1.36 bits per heavy atom. The van der Waals surface area contributed by atoms with Crippen molar-refractivity contribution in [3.8, 4) is 11.8 Å². The molecule has 4 rings (SSSR count). The zero-order valence-corrected chi connectivity index (χ0v) is 15.4. The number of fused-ring (bicyclic) bond motifs is 1. The van der Waals surface area contributed by atoms with Gasteiger partial charge in [0.05, 0.1) is 54.8 Å². The van der Waals surface area contributed by atoms with Crippen LogP contribution in [0.3, 0.4) is 0 Å². The van der Waals surface area contributed by atoms with Crippen LogP contribution in [-0.4, -0.2) is 51.9 Å². The molecule has 2 aromatic heterocycles. The fourth-order valence-corrected chi connectivity index (χ4v) is 3.38. The molecule has 0 bridgehead atoms. The highest BCUT2D eigenvalue weighted by molar-refractivity contribution is 5.80. The van der Waals surface area contributed by atoms with Crippen molar-refractivity contribution in [2.24, 2.45) is 5.73 Å². The minimum absolute atomic E-state index is 0.354. The first-order valence-electron chi connectivity index (χ1n) is 8.99. The van der Waals surface area contributed by atoms with Gasteiger partial charge in [-0.1, -0.05) is 0 Å². The minimum Gasteiger partial charge on any atom is -0.494 e. The zero-order valence-electron chi connectivity index (χ0n) is 15.4. The van der Waals surface area contributed by atoms with E-state index in [0.29, 0.717) is 49.1 Å². The lowest BCUT2D eigenvalue weighted by molar-refractivity contribution is 0.243. The SMILES string of the molecule is COc1cnc(Cn2c(N3CC[C@@H](F)[C@H](N)C3)nc3ccc(C#N)cc32)nc1. The summed E-state index contributed by atoms with van der Waals surface area (Å²) in [5.74, 6) is 1.82. The third-order valence-corrected chi connectivity index (χ3v) is 4.93. The number of imidazole rings is 1. The lowest BCUT2D eigenvalue weighted by atomic mass is 10.1. The highest BCUT2D eigenvalue weighted by Gasteiger charge is 2.29. The molecule has 28 heavy (non-hydrogen) atoms. The Morgan fingerprint density at radius 2 is 2.14 bits per heavy atom. The molecule has 0 spiro atoms. The maximum absolute atomic E-state index is 13.8. The topological polar surface area (TPSA) is 106 Å². The predicted octanol–water partition coefficient (Wildman–Crippen LogP) is 1.63. The van der Waals surface area contributed by atoms with Gasteiger partial charge in [-0.3, -0.25) is 0 Å². The van der Waals surface area contributed by atoms with E-state index >= 15 is 0 Å². The molecule has 144 valence electrons. The van der Waals surface area contributed by atoms with Crippen LogP contribution in [0.1, 0.15) is 17.8 Å². The van der Waals surface area contributed by atoms with E-state index < -0.39 is 12.2 Å². The second-order valence-corrected chi connectivity index (χ2v) is 6.77. The van der Waals surface area contributed by atoms with Crippen LogP contribution >= 0.6 is 0 Å². The first-order chi connectivity index (χ1) is 13.6. The van der Waals surface area contributed by atoms with Crippen molar-refractivity contribution in [3.63, 3.8) is 0 Å². The number of benzene rings is 1. The highest BCUT2D eigenvalue weighted by Crippen LogP contribution is 2.27. The van der Waals surface area contributed by atoms with Crippen molar-refractivity contribution in [2.75, 3.05) is 25.1 Å². The Morgan fingerprint density at radius 3 is 2.82 bits per heavy atom. The van der Waals surface area contributed by atoms with Gasteiger partial charge in [0.15, 0.2) is 5.75 Å². The Balaban J connectivity index is 1.77. The Bertz CT molecular complexity index is 1030. The van der Waals surface area contributed by atoms with E-state index in [1.807, 2.05) is 15.5 Å². The molecule has 0 radical (unpaired) electrons. The molecular formula is C19H20FN7O. The van der Waals surface area contributed by atoms with E-state index in [2.05, 4.69) is 16.0 Å². The maximum atomic E-state index is 13.8. The Kier molecular flexibility index (Phi) is 4.79. The quantitative estimate of drug-likeness (QED) is 0.732. The van der Waals surface area contributed by atoms with Crippen LogP contribution in [0.15, 0.2) is 30.6 Å². The molecule has 1 aliphatic heterocycles. The number of methoxy groups -OCH3 is 1. The van der Waals surface area contributed by atoms with Crippen LogP contribution in [0, 0.1) is 11.3 Å². The summed E-state index contributed by atoms with van der Waals surface area (Å²) in [5.41, 5.74) is 8.03. The van der Waals surface area contributed by atoms with Crippen LogP contribution < -0.4 is 15.4 Å². The molecule has 0 amide bonds. The minimum atomic E-state index is -1.01. The molecule has 3 heterocycles. The smallest absolute Gasteiger partial charge is 0.207 e. The molecule has 1 saturated heterocycles. The number of anilines is 1. The Hall–Kier alpha value is -3.25.